The molecule has 0 saturated heterocycles. The summed E-state index contributed by atoms with van der Waals surface area (Å²) >= 11 is 0. The normalized spacial score (nSPS) is 14.1. The Morgan fingerprint density at radius 3 is 2.74 bits per heavy atom. The third-order valence-electron chi connectivity index (χ3n) is 5.03. The van der Waals surface area contributed by atoms with Crippen molar-refractivity contribution >= 4 is 22.5 Å². The smallest absolute Gasteiger partial charge is 0.274 e. The van der Waals surface area contributed by atoms with Crippen LogP contribution in [0.5, 0.6) is 0 Å². The first-order chi connectivity index (χ1) is 13.1. The number of nitrogens with two attached hydrogens (primary N) is 2. The molecule has 2 aromatic carbocycles. The van der Waals surface area contributed by atoms with Gasteiger partial charge in [-0.05, 0) is 48.6 Å². The predicted octanol–water partition coefficient (Wildman–Crippen LogP) is 2.76. The lowest BCUT2D eigenvalue weighted by atomic mass is 9.93. The standard InChI is InChI=1S/C20H20FN5O/c21-15-8-7-14-17(23)19(20(27)24-13-5-2-6-13)26-25-18(14)16(15)12-4-1-3-11(9-12)10-22/h1,3-4,7-9,13H,2,5-6,10,22H2,(H2,23,25)(H,24,27). The van der Waals surface area contributed by atoms with Crippen molar-refractivity contribution in [1.29, 1.82) is 0 Å². The number of carbonyl (C=O) groups is 1. The number of nitrogens with zero attached hydrogens (tertiary/aromatic N) is 2. The molecule has 138 valence electrons. The number of halogens is 1. The third kappa shape index (κ3) is 3.10. The summed E-state index contributed by atoms with van der Waals surface area (Å²) in [6.07, 6.45) is 3.02. The van der Waals surface area contributed by atoms with Gasteiger partial charge in [-0.3, -0.25) is 4.79 Å². The lowest BCUT2D eigenvalue weighted by molar-refractivity contribution is 0.0912. The fraction of sp³-hybridized carbons (Fsp3) is 0.250. The molecule has 0 bridgehead atoms. The number of rotatable bonds is 4. The van der Waals surface area contributed by atoms with Crippen molar-refractivity contribution in [3.63, 3.8) is 0 Å². The quantitative estimate of drug-likeness (QED) is 0.659. The maximum Gasteiger partial charge on any atom is 0.274 e. The molecule has 4 rings (SSSR count). The van der Waals surface area contributed by atoms with E-state index in [1.54, 1.807) is 6.07 Å². The van der Waals surface area contributed by atoms with Gasteiger partial charge in [-0.25, -0.2) is 4.39 Å². The molecular formula is C20H20FN5O. The lowest BCUT2D eigenvalue weighted by Gasteiger charge is -2.26. The molecule has 0 atom stereocenters. The highest BCUT2D eigenvalue weighted by Gasteiger charge is 2.24. The predicted molar refractivity (Wildman–Crippen MR) is 102 cm³/mol. The molecule has 1 fully saturated rings. The van der Waals surface area contributed by atoms with Gasteiger partial charge in [0.25, 0.3) is 5.91 Å². The zero-order valence-electron chi connectivity index (χ0n) is 14.7. The molecular weight excluding hydrogens is 345 g/mol. The minimum Gasteiger partial charge on any atom is -0.396 e. The van der Waals surface area contributed by atoms with E-state index in [0.717, 1.165) is 24.8 Å². The van der Waals surface area contributed by atoms with Gasteiger partial charge in [0.1, 0.15) is 11.3 Å². The van der Waals surface area contributed by atoms with Crippen molar-refractivity contribution in [1.82, 2.24) is 15.5 Å². The monoisotopic (exact) mass is 365 g/mol. The van der Waals surface area contributed by atoms with E-state index in [2.05, 4.69) is 15.5 Å². The minimum absolute atomic E-state index is 0.0719. The van der Waals surface area contributed by atoms with E-state index in [1.807, 2.05) is 18.2 Å². The fourth-order valence-corrected chi connectivity index (χ4v) is 3.27. The van der Waals surface area contributed by atoms with Gasteiger partial charge in [0, 0.05) is 23.5 Å². The average molecular weight is 365 g/mol. The minimum atomic E-state index is -0.433. The van der Waals surface area contributed by atoms with Crippen LogP contribution in [-0.2, 0) is 6.54 Å². The highest BCUT2D eigenvalue weighted by atomic mass is 19.1. The molecule has 0 spiro atoms. The molecule has 0 unspecified atom stereocenters. The Labute approximate surface area is 155 Å². The molecule has 27 heavy (non-hydrogen) atoms. The van der Waals surface area contributed by atoms with Crippen LogP contribution in [0.4, 0.5) is 10.1 Å². The van der Waals surface area contributed by atoms with Crippen LogP contribution in [-0.4, -0.2) is 22.1 Å². The van der Waals surface area contributed by atoms with Gasteiger partial charge < -0.3 is 16.8 Å². The molecule has 1 amide bonds. The van der Waals surface area contributed by atoms with Crippen LogP contribution in [0.1, 0.15) is 35.3 Å². The van der Waals surface area contributed by atoms with Gasteiger partial charge in [0.05, 0.1) is 5.69 Å². The molecule has 0 aliphatic heterocycles. The average Bonchev–Trinajstić information content (AvgIpc) is 2.64. The van der Waals surface area contributed by atoms with Crippen LogP contribution in [0, 0.1) is 5.82 Å². The second-order valence-electron chi connectivity index (χ2n) is 6.79. The number of anilines is 1. The van der Waals surface area contributed by atoms with Crippen molar-refractivity contribution in [3.8, 4) is 11.1 Å². The molecule has 1 aromatic heterocycles. The van der Waals surface area contributed by atoms with E-state index in [1.165, 1.54) is 12.1 Å². The second-order valence-corrected chi connectivity index (χ2v) is 6.79. The molecule has 7 heteroatoms. The van der Waals surface area contributed by atoms with Crippen molar-refractivity contribution in [2.24, 2.45) is 5.73 Å². The molecule has 6 nitrogen and oxygen atoms in total. The number of carbonyl (C=O) groups excluding carboxylic acids is 1. The summed E-state index contributed by atoms with van der Waals surface area (Å²) in [5.74, 6) is -0.778. The van der Waals surface area contributed by atoms with Gasteiger partial charge in [-0.2, -0.15) is 0 Å². The Morgan fingerprint density at radius 2 is 2.04 bits per heavy atom. The second kappa shape index (κ2) is 6.92. The summed E-state index contributed by atoms with van der Waals surface area (Å²) in [4.78, 5) is 12.4. The van der Waals surface area contributed by atoms with Crippen molar-refractivity contribution in [2.75, 3.05) is 5.73 Å². The Kier molecular flexibility index (Phi) is 4.45. The molecule has 0 radical (unpaired) electrons. The van der Waals surface area contributed by atoms with Crippen LogP contribution in [0.2, 0.25) is 0 Å². The van der Waals surface area contributed by atoms with Gasteiger partial charge in [-0.1, -0.05) is 18.2 Å². The zero-order valence-corrected chi connectivity index (χ0v) is 14.7. The number of nitrogens with one attached hydrogen (secondary N) is 1. The van der Waals surface area contributed by atoms with E-state index in [4.69, 9.17) is 11.5 Å². The lowest BCUT2D eigenvalue weighted by Crippen LogP contribution is -2.40. The molecule has 5 N–H and O–H groups in total. The van der Waals surface area contributed by atoms with E-state index in [0.29, 0.717) is 28.6 Å². The van der Waals surface area contributed by atoms with Gasteiger partial charge in [0.2, 0.25) is 0 Å². The van der Waals surface area contributed by atoms with Crippen LogP contribution in [0.15, 0.2) is 36.4 Å². The number of hydrogen-bond donors (Lipinski definition) is 3. The first kappa shape index (κ1) is 17.4. The molecule has 1 heterocycles. The Morgan fingerprint density at radius 1 is 1.22 bits per heavy atom. The Bertz CT molecular complexity index is 1030. The molecule has 1 saturated carbocycles. The van der Waals surface area contributed by atoms with Crippen LogP contribution in [0.25, 0.3) is 22.0 Å². The largest absolute Gasteiger partial charge is 0.396 e. The topological polar surface area (TPSA) is 107 Å². The number of hydrogen-bond acceptors (Lipinski definition) is 5. The summed E-state index contributed by atoms with van der Waals surface area (Å²) in [5, 5.41) is 11.6. The maximum atomic E-state index is 14.6. The number of benzene rings is 2. The van der Waals surface area contributed by atoms with Gasteiger partial charge >= 0.3 is 0 Å². The Balaban J connectivity index is 1.82. The SMILES string of the molecule is NCc1cccc(-c2c(F)ccc3c(N)c(C(=O)NC4CCC4)nnc23)c1. The molecule has 1 aliphatic rings. The van der Waals surface area contributed by atoms with Gasteiger partial charge in [-0.15, -0.1) is 10.2 Å². The van der Waals surface area contributed by atoms with Crippen LogP contribution in [0.3, 0.4) is 0 Å². The summed E-state index contributed by atoms with van der Waals surface area (Å²) < 4.78 is 14.6. The number of nitrogen functional groups attached to an aromatic ring is 1. The number of amides is 1. The zero-order chi connectivity index (χ0) is 19.0. The first-order valence-corrected chi connectivity index (χ1v) is 8.93. The highest BCUT2D eigenvalue weighted by molar-refractivity contribution is 6.07. The highest BCUT2D eigenvalue weighted by Crippen LogP contribution is 2.33. The summed E-state index contributed by atoms with van der Waals surface area (Å²) in [6.45, 7) is 0.347. The van der Waals surface area contributed by atoms with Crippen LogP contribution < -0.4 is 16.8 Å². The van der Waals surface area contributed by atoms with E-state index < -0.39 is 5.82 Å². The summed E-state index contributed by atoms with van der Waals surface area (Å²) in [6, 6.07) is 10.3. The van der Waals surface area contributed by atoms with Crippen molar-refractivity contribution in [3.05, 3.63) is 53.5 Å². The van der Waals surface area contributed by atoms with E-state index in [-0.39, 0.29) is 23.3 Å². The Hall–Kier alpha value is -3.06. The van der Waals surface area contributed by atoms with E-state index in [9.17, 15) is 9.18 Å². The van der Waals surface area contributed by atoms with Gasteiger partial charge in [0.15, 0.2) is 5.69 Å². The first-order valence-electron chi connectivity index (χ1n) is 8.93. The fourth-order valence-electron chi connectivity index (χ4n) is 3.27. The van der Waals surface area contributed by atoms with Crippen LogP contribution >= 0.6 is 0 Å². The maximum absolute atomic E-state index is 14.6. The summed E-state index contributed by atoms with van der Waals surface area (Å²) in [5.41, 5.74) is 14.3. The van der Waals surface area contributed by atoms with Crippen molar-refractivity contribution in [2.45, 2.75) is 31.8 Å². The number of aromatic nitrogens is 2. The third-order valence-corrected chi connectivity index (χ3v) is 5.03. The van der Waals surface area contributed by atoms with Crippen molar-refractivity contribution < 1.29 is 9.18 Å². The number of fused-ring (bicyclic) bond motifs is 1. The molecule has 3 aromatic rings. The molecule has 1 aliphatic carbocycles. The van der Waals surface area contributed by atoms with E-state index >= 15 is 0 Å². The summed E-state index contributed by atoms with van der Waals surface area (Å²) in [7, 11) is 0.